The van der Waals surface area contributed by atoms with Crippen LogP contribution in [0.4, 0.5) is 4.39 Å². The highest BCUT2D eigenvalue weighted by Gasteiger charge is 2.11. The fourth-order valence-corrected chi connectivity index (χ4v) is 3.54. The van der Waals surface area contributed by atoms with Crippen molar-refractivity contribution in [3.8, 4) is 0 Å². The van der Waals surface area contributed by atoms with Gasteiger partial charge in [0.1, 0.15) is 5.82 Å². The maximum atomic E-state index is 12.8. The van der Waals surface area contributed by atoms with Crippen LogP contribution in [0.15, 0.2) is 36.4 Å². The van der Waals surface area contributed by atoms with Crippen LogP contribution in [0.5, 0.6) is 0 Å². The molecule has 0 nitrogen and oxygen atoms in total. The van der Waals surface area contributed by atoms with Crippen LogP contribution in [0, 0.1) is 11.7 Å². The number of alkyl halides is 1. The van der Waals surface area contributed by atoms with Crippen molar-refractivity contribution in [1.29, 1.82) is 0 Å². The molecule has 0 spiro atoms. The Labute approximate surface area is 124 Å². The van der Waals surface area contributed by atoms with E-state index in [0.717, 1.165) is 22.5 Å². The van der Waals surface area contributed by atoms with Crippen molar-refractivity contribution < 1.29 is 4.39 Å². The first kappa shape index (κ1) is 14.0. The second kappa shape index (κ2) is 6.69. The summed E-state index contributed by atoms with van der Waals surface area (Å²) in [4.78, 5) is 1.30. The smallest absolute Gasteiger partial charge is 0.123 e. The molecule has 1 heterocycles. The topological polar surface area (TPSA) is 0 Å². The van der Waals surface area contributed by atoms with Crippen molar-refractivity contribution in [2.45, 2.75) is 12.8 Å². The number of halogens is 3. The summed E-state index contributed by atoms with van der Waals surface area (Å²) in [6.45, 7) is 0. The van der Waals surface area contributed by atoms with Crippen LogP contribution in [0.3, 0.4) is 0 Å². The molecule has 0 radical (unpaired) electrons. The van der Waals surface area contributed by atoms with E-state index in [0.29, 0.717) is 5.92 Å². The minimum atomic E-state index is -0.181. The highest BCUT2D eigenvalue weighted by Crippen LogP contribution is 2.25. The van der Waals surface area contributed by atoms with E-state index < -0.39 is 0 Å². The Hall–Kier alpha value is -0.380. The standard InChI is InChI=1S/C14H13BrClFS/c15-9-11(8-13-5-6-14(16)18-13)7-10-1-3-12(17)4-2-10/h1-6,11H,7-9H2. The molecule has 18 heavy (non-hydrogen) atoms. The molecule has 1 unspecified atom stereocenters. The zero-order chi connectivity index (χ0) is 13.0. The Balaban J connectivity index is 1.99. The van der Waals surface area contributed by atoms with Crippen LogP contribution >= 0.6 is 38.9 Å². The van der Waals surface area contributed by atoms with E-state index in [1.165, 1.54) is 22.6 Å². The molecule has 0 aliphatic heterocycles. The van der Waals surface area contributed by atoms with Crippen molar-refractivity contribution in [3.05, 3.63) is 57.0 Å². The third-order valence-corrected chi connectivity index (χ3v) is 4.94. The highest BCUT2D eigenvalue weighted by atomic mass is 79.9. The first-order chi connectivity index (χ1) is 8.67. The molecule has 0 fully saturated rings. The van der Waals surface area contributed by atoms with Crippen molar-refractivity contribution >= 4 is 38.9 Å². The first-order valence-electron chi connectivity index (χ1n) is 5.72. The largest absolute Gasteiger partial charge is 0.207 e. The summed E-state index contributed by atoms with van der Waals surface area (Å²) in [6, 6.07) is 10.8. The summed E-state index contributed by atoms with van der Waals surface area (Å²) in [5, 5.41) is 0.930. The molecule has 0 bridgehead atoms. The van der Waals surface area contributed by atoms with E-state index in [1.54, 1.807) is 11.3 Å². The lowest BCUT2D eigenvalue weighted by Crippen LogP contribution is -2.09. The third kappa shape index (κ3) is 4.08. The first-order valence-corrected chi connectivity index (χ1v) is 8.03. The fraction of sp³-hybridized carbons (Fsp3) is 0.286. The molecule has 1 aromatic heterocycles. The highest BCUT2D eigenvalue weighted by molar-refractivity contribution is 9.09. The van der Waals surface area contributed by atoms with E-state index in [4.69, 9.17) is 11.6 Å². The van der Waals surface area contributed by atoms with Crippen molar-refractivity contribution in [2.75, 3.05) is 5.33 Å². The van der Waals surface area contributed by atoms with Crippen LogP contribution in [0.25, 0.3) is 0 Å². The molecule has 0 saturated carbocycles. The summed E-state index contributed by atoms with van der Waals surface area (Å²) >= 11 is 11.1. The number of hydrogen-bond donors (Lipinski definition) is 0. The van der Waals surface area contributed by atoms with Gasteiger partial charge in [-0.2, -0.15) is 0 Å². The van der Waals surface area contributed by atoms with E-state index in [1.807, 2.05) is 18.2 Å². The van der Waals surface area contributed by atoms with E-state index in [-0.39, 0.29) is 5.82 Å². The Morgan fingerprint density at radius 2 is 1.83 bits per heavy atom. The van der Waals surface area contributed by atoms with Crippen LogP contribution in [-0.2, 0) is 12.8 Å². The predicted molar refractivity (Wildman–Crippen MR) is 80.4 cm³/mol. The Morgan fingerprint density at radius 1 is 1.11 bits per heavy atom. The number of rotatable bonds is 5. The third-order valence-electron chi connectivity index (χ3n) is 2.77. The lowest BCUT2D eigenvalue weighted by Gasteiger charge is -2.13. The second-order valence-corrected chi connectivity index (χ2v) is 6.71. The molecule has 2 rings (SSSR count). The normalized spacial score (nSPS) is 12.6. The van der Waals surface area contributed by atoms with Crippen LogP contribution in [0.1, 0.15) is 10.4 Å². The molecule has 2 aromatic rings. The molecule has 0 aliphatic carbocycles. The SMILES string of the molecule is Fc1ccc(CC(CBr)Cc2ccc(Cl)s2)cc1. The fourth-order valence-electron chi connectivity index (χ4n) is 1.88. The van der Waals surface area contributed by atoms with Gasteiger partial charge in [0.05, 0.1) is 4.34 Å². The molecule has 0 aliphatic rings. The molecular formula is C14H13BrClFS. The summed E-state index contributed by atoms with van der Waals surface area (Å²) in [6.07, 6.45) is 1.95. The lowest BCUT2D eigenvalue weighted by molar-refractivity contribution is 0.592. The second-order valence-electron chi connectivity index (χ2n) is 4.26. The van der Waals surface area contributed by atoms with Gasteiger partial charge in [0.2, 0.25) is 0 Å². The van der Waals surface area contributed by atoms with Gasteiger partial charge in [-0.1, -0.05) is 39.7 Å². The van der Waals surface area contributed by atoms with Gasteiger partial charge in [0.15, 0.2) is 0 Å². The van der Waals surface area contributed by atoms with Gasteiger partial charge in [-0.15, -0.1) is 11.3 Å². The van der Waals surface area contributed by atoms with Crippen molar-refractivity contribution in [1.82, 2.24) is 0 Å². The molecule has 0 amide bonds. The maximum absolute atomic E-state index is 12.8. The predicted octanol–water partition coefficient (Wildman–Crippen LogP) is 5.34. The minimum absolute atomic E-state index is 0.181. The molecule has 96 valence electrons. The Kier molecular flexibility index (Phi) is 5.22. The van der Waals surface area contributed by atoms with Gasteiger partial charge in [-0.05, 0) is 48.6 Å². The van der Waals surface area contributed by atoms with Gasteiger partial charge in [0, 0.05) is 10.2 Å². The van der Waals surface area contributed by atoms with Gasteiger partial charge in [-0.3, -0.25) is 0 Å². The van der Waals surface area contributed by atoms with Crippen molar-refractivity contribution in [2.24, 2.45) is 5.92 Å². The van der Waals surface area contributed by atoms with E-state index >= 15 is 0 Å². The van der Waals surface area contributed by atoms with Crippen LogP contribution in [0.2, 0.25) is 4.34 Å². The van der Waals surface area contributed by atoms with Gasteiger partial charge < -0.3 is 0 Å². The number of benzene rings is 1. The van der Waals surface area contributed by atoms with Gasteiger partial charge in [0.25, 0.3) is 0 Å². The zero-order valence-corrected chi connectivity index (χ0v) is 12.9. The molecule has 0 N–H and O–H groups in total. The average molecular weight is 348 g/mol. The Morgan fingerprint density at radius 3 is 2.39 bits per heavy atom. The number of thiophene rings is 1. The van der Waals surface area contributed by atoms with E-state index in [9.17, 15) is 4.39 Å². The summed E-state index contributed by atoms with van der Waals surface area (Å²) < 4.78 is 13.7. The quantitative estimate of drug-likeness (QED) is 0.641. The summed E-state index contributed by atoms with van der Waals surface area (Å²) in [5.41, 5.74) is 1.17. The molecule has 4 heteroatoms. The average Bonchev–Trinajstić information content (AvgIpc) is 2.77. The number of hydrogen-bond acceptors (Lipinski definition) is 1. The van der Waals surface area contributed by atoms with Gasteiger partial charge >= 0.3 is 0 Å². The Bertz CT molecular complexity index is 495. The summed E-state index contributed by atoms with van der Waals surface area (Å²) in [7, 11) is 0. The molecular weight excluding hydrogens is 335 g/mol. The van der Waals surface area contributed by atoms with E-state index in [2.05, 4.69) is 22.0 Å². The molecule has 1 atom stereocenters. The summed E-state index contributed by atoms with van der Waals surface area (Å²) in [5.74, 6) is 0.323. The van der Waals surface area contributed by atoms with Crippen LogP contribution < -0.4 is 0 Å². The monoisotopic (exact) mass is 346 g/mol. The van der Waals surface area contributed by atoms with Crippen LogP contribution in [-0.4, -0.2) is 5.33 Å². The lowest BCUT2D eigenvalue weighted by atomic mass is 9.97. The zero-order valence-electron chi connectivity index (χ0n) is 9.70. The van der Waals surface area contributed by atoms with Gasteiger partial charge in [-0.25, -0.2) is 4.39 Å². The van der Waals surface area contributed by atoms with Crippen molar-refractivity contribution in [3.63, 3.8) is 0 Å². The minimum Gasteiger partial charge on any atom is -0.207 e. The molecule has 0 saturated heterocycles. The maximum Gasteiger partial charge on any atom is 0.123 e. The molecule has 1 aromatic carbocycles.